The molecular formula is C21H27FN4O4. The second-order valence-corrected chi connectivity index (χ2v) is 7.45. The van der Waals surface area contributed by atoms with Gasteiger partial charge in [-0.1, -0.05) is 0 Å². The number of methoxy groups -OCH3 is 2. The highest BCUT2D eigenvalue weighted by Crippen LogP contribution is 2.32. The number of aryl methyl sites for hydroxylation is 1. The van der Waals surface area contributed by atoms with Gasteiger partial charge in [-0.15, -0.1) is 0 Å². The van der Waals surface area contributed by atoms with Crippen molar-refractivity contribution in [2.24, 2.45) is 5.92 Å². The first-order valence-corrected chi connectivity index (χ1v) is 9.85. The van der Waals surface area contributed by atoms with Crippen molar-refractivity contribution in [1.82, 2.24) is 20.4 Å². The van der Waals surface area contributed by atoms with Crippen molar-refractivity contribution in [3.05, 3.63) is 41.0 Å². The number of amides is 2. The van der Waals surface area contributed by atoms with E-state index in [1.165, 1.54) is 33.3 Å². The maximum Gasteiger partial charge on any atom is 0.255 e. The second kappa shape index (κ2) is 9.15. The minimum atomic E-state index is -0.591. The summed E-state index contributed by atoms with van der Waals surface area (Å²) in [7, 11) is 2.91. The van der Waals surface area contributed by atoms with Gasteiger partial charge < -0.3 is 20.1 Å². The molecule has 0 saturated heterocycles. The van der Waals surface area contributed by atoms with Gasteiger partial charge >= 0.3 is 0 Å². The monoisotopic (exact) mass is 418 g/mol. The Bertz CT molecular complexity index is 943. The zero-order valence-electron chi connectivity index (χ0n) is 17.6. The van der Waals surface area contributed by atoms with Gasteiger partial charge in [-0.3, -0.25) is 14.3 Å². The number of carbonyl (C=O) groups excluding carboxylic acids is 2. The van der Waals surface area contributed by atoms with E-state index < -0.39 is 11.9 Å². The summed E-state index contributed by atoms with van der Waals surface area (Å²) in [5, 5.41) is 9.99. The molecule has 9 heteroatoms. The molecule has 0 saturated carbocycles. The lowest BCUT2D eigenvalue weighted by atomic mass is 9.94. The molecule has 2 amide bonds. The van der Waals surface area contributed by atoms with Crippen molar-refractivity contribution in [3.8, 4) is 11.5 Å². The smallest absolute Gasteiger partial charge is 0.255 e. The molecule has 3 rings (SSSR count). The number of hydrogen-bond donors (Lipinski definition) is 2. The molecule has 0 aliphatic carbocycles. The number of carbonyl (C=O) groups is 2. The van der Waals surface area contributed by atoms with E-state index in [1.54, 1.807) is 13.1 Å². The SMILES string of the molecule is COc1cc(F)c([C@H](C)NC(=O)c2cnn3c2C[C@H](CNC(C)=O)CC3)cc1OC. The van der Waals surface area contributed by atoms with Crippen LogP contribution in [0.3, 0.4) is 0 Å². The molecule has 1 aliphatic heterocycles. The molecule has 8 nitrogen and oxygen atoms in total. The predicted octanol–water partition coefficient (Wildman–Crippen LogP) is 2.23. The highest BCUT2D eigenvalue weighted by atomic mass is 19.1. The van der Waals surface area contributed by atoms with E-state index in [4.69, 9.17) is 9.47 Å². The lowest BCUT2D eigenvalue weighted by Crippen LogP contribution is -2.33. The Morgan fingerprint density at radius 1 is 1.30 bits per heavy atom. The van der Waals surface area contributed by atoms with Gasteiger partial charge in [0.05, 0.1) is 37.7 Å². The molecule has 0 spiro atoms. The number of fused-ring (bicyclic) bond motifs is 1. The quantitative estimate of drug-likeness (QED) is 0.719. The standard InChI is InChI=1S/C21H27FN4O4/c1-12(15-8-19(29-3)20(30-4)9-17(15)22)25-21(28)16-11-24-26-6-5-14(7-18(16)26)10-23-13(2)27/h8-9,11-12,14H,5-7,10H2,1-4H3,(H,23,27)(H,25,28)/t12-,14+/m0/s1. The first-order chi connectivity index (χ1) is 14.3. The Morgan fingerprint density at radius 3 is 2.67 bits per heavy atom. The van der Waals surface area contributed by atoms with Crippen LogP contribution >= 0.6 is 0 Å². The van der Waals surface area contributed by atoms with Crippen LogP contribution in [0.4, 0.5) is 4.39 Å². The van der Waals surface area contributed by atoms with Gasteiger partial charge in [0.1, 0.15) is 5.82 Å². The molecule has 2 heterocycles. The zero-order valence-corrected chi connectivity index (χ0v) is 17.6. The number of aromatic nitrogens is 2. The summed E-state index contributed by atoms with van der Waals surface area (Å²) >= 11 is 0. The highest BCUT2D eigenvalue weighted by molar-refractivity contribution is 5.95. The number of nitrogens with one attached hydrogen (secondary N) is 2. The van der Waals surface area contributed by atoms with E-state index in [1.807, 2.05) is 4.68 Å². The molecular weight excluding hydrogens is 391 g/mol. The summed E-state index contributed by atoms with van der Waals surface area (Å²) in [5.74, 6) is 0.0288. The fourth-order valence-electron chi connectivity index (χ4n) is 3.70. The van der Waals surface area contributed by atoms with Gasteiger partial charge in [0.25, 0.3) is 5.91 Å². The molecule has 1 aromatic heterocycles. The molecule has 0 unspecified atom stereocenters. The Hall–Kier alpha value is -3.10. The van der Waals surface area contributed by atoms with Crippen LogP contribution in [-0.4, -0.2) is 42.4 Å². The normalized spacial score (nSPS) is 16.4. The molecule has 162 valence electrons. The van der Waals surface area contributed by atoms with Gasteiger partial charge in [-0.2, -0.15) is 5.10 Å². The summed E-state index contributed by atoms with van der Waals surface area (Å²) in [6, 6.07) is 2.17. The summed E-state index contributed by atoms with van der Waals surface area (Å²) in [6.07, 6.45) is 3.06. The average molecular weight is 418 g/mol. The first kappa shape index (κ1) is 21.6. The highest BCUT2D eigenvalue weighted by Gasteiger charge is 2.26. The van der Waals surface area contributed by atoms with Crippen LogP contribution in [0.5, 0.6) is 11.5 Å². The maximum atomic E-state index is 14.5. The van der Waals surface area contributed by atoms with Crippen LogP contribution < -0.4 is 20.1 Å². The third-order valence-corrected chi connectivity index (χ3v) is 5.38. The van der Waals surface area contributed by atoms with Crippen LogP contribution in [-0.2, 0) is 17.8 Å². The molecule has 0 fully saturated rings. The number of hydrogen-bond acceptors (Lipinski definition) is 5. The topological polar surface area (TPSA) is 94.5 Å². The van der Waals surface area contributed by atoms with E-state index in [2.05, 4.69) is 15.7 Å². The van der Waals surface area contributed by atoms with Gasteiger partial charge in [-0.25, -0.2) is 4.39 Å². The molecule has 1 aromatic carbocycles. The maximum absolute atomic E-state index is 14.5. The molecule has 0 radical (unpaired) electrons. The van der Waals surface area contributed by atoms with E-state index in [0.717, 1.165) is 12.1 Å². The van der Waals surface area contributed by atoms with Crippen LogP contribution in [0.25, 0.3) is 0 Å². The lowest BCUT2D eigenvalue weighted by molar-refractivity contribution is -0.119. The third-order valence-electron chi connectivity index (χ3n) is 5.38. The lowest BCUT2D eigenvalue weighted by Gasteiger charge is -2.24. The average Bonchev–Trinajstić information content (AvgIpc) is 3.15. The van der Waals surface area contributed by atoms with E-state index >= 15 is 0 Å². The zero-order chi connectivity index (χ0) is 21.8. The van der Waals surface area contributed by atoms with Crippen LogP contribution in [0.15, 0.2) is 18.3 Å². The van der Waals surface area contributed by atoms with Crippen LogP contribution in [0, 0.1) is 11.7 Å². The molecule has 1 aliphatic rings. The minimum Gasteiger partial charge on any atom is -0.493 e. The Labute approximate surface area is 174 Å². The number of nitrogens with zero attached hydrogens (tertiary/aromatic N) is 2. The van der Waals surface area contributed by atoms with Crippen molar-refractivity contribution in [1.29, 1.82) is 0 Å². The number of ether oxygens (including phenoxy) is 2. The third kappa shape index (κ3) is 4.55. The van der Waals surface area contributed by atoms with Gasteiger partial charge in [0.2, 0.25) is 5.91 Å². The molecule has 2 aromatic rings. The van der Waals surface area contributed by atoms with E-state index in [-0.39, 0.29) is 23.5 Å². The van der Waals surface area contributed by atoms with Crippen molar-refractivity contribution in [2.45, 2.75) is 39.3 Å². The largest absolute Gasteiger partial charge is 0.493 e. The van der Waals surface area contributed by atoms with E-state index in [9.17, 15) is 14.0 Å². The van der Waals surface area contributed by atoms with Crippen molar-refractivity contribution in [2.75, 3.05) is 20.8 Å². The van der Waals surface area contributed by atoms with Gasteiger partial charge in [0, 0.05) is 31.6 Å². The number of benzene rings is 1. The second-order valence-electron chi connectivity index (χ2n) is 7.45. The predicted molar refractivity (Wildman–Crippen MR) is 108 cm³/mol. The van der Waals surface area contributed by atoms with Crippen LogP contribution in [0.2, 0.25) is 0 Å². The molecule has 0 bridgehead atoms. The summed E-state index contributed by atoms with van der Waals surface area (Å²) in [5.41, 5.74) is 1.59. The van der Waals surface area contributed by atoms with Crippen LogP contribution in [0.1, 0.15) is 47.9 Å². The molecule has 2 atom stereocenters. The molecule has 30 heavy (non-hydrogen) atoms. The Balaban J connectivity index is 1.75. The fraction of sp³-hybridized carbons (Fsp3) is 0.476. The first-order valence-electron chi connectivity index (χ1n) is 9.85. The Kier molecular flexibility index (Phi) is 6.59. The van der Waals surface area contributed by atoms with Crippen molar-refractivity contribution >= 4 is 11.8 Å². The number of halogens is 1. The summed E-state index contributed by atoms with van der Waals surface area (Å²) in [4.78, 5) is 24.1. The van der Waals surface area contributed by atoms with Gasteiger partial charge in [-0.05, 0) is 31.7 Å². The minimum absolute atomic E-state index is 0.0715. The van der Waals surface area contributed by atoms with Crippen molar-refractivity contribution in [3.63, 3.8) is 0 Å². The fourth-order valence-corrected chi connectivity index (χ4v) is 3.70. The van der Waals surface area contributed by atoms with E-state index in [0.29, 0.717) is 36.4 Å². The van der Waals surface area contributed by atoms with Crippen molar-refractivity contribution < 1.29 is 23.5 Å². The summed E-state index contributed by atoms with van der Waals surface area (Å²) < 4.78 is 26.7. The molecule has 2 N–H and O–H groups in total. The summed E-state index contributed by atoms with van der Waals surface area (Å²) in [6.45, 7) is 4.44. The Morgan fingerprint density at radius 2 is 2.00 bits per heavy atom. The number of rotatable bonds is 7. The van der Waals surface area contributed by atoms with Gasteiger partial charge in [0.15, 0.2) is 11.5 Å².